The van der Waals surface area contributed by atoms with Gasteiger partial charge in [-0.1, -0.05) is 19.8 Å². The summed E-state index contributed by atoms with van der Waals surface area (Å²) in [5.74, 6) is 0. The van der Waals surface area contributed by atoms with E-state index >= 15 is 0 Å². The predicted octanol–water partition coefficient (Wildman–Crippen LogP) is 3.10. The molecule has 60 valence electrons. The van der Waals surface area contributed by atoms with Gasteiger partial charge in [0.05, 0.1) is 0 Å². The SMILES string of the molecule is CCCCC(C)(Cl)C(=O)Br. The summed E-state index contributed by atoms with van der Waals surface area (Å²) in [5.41, 5.74) is 0. The van der Waals surface area contributed by atoms with Crippen LogP contribution in [0.1, 0.15) is 33.1 Å². The molecule has 0 radical (unpaired) electrons. The molecule has 0 aliphatic heterocycles. The molecule has 0 saturated heterocycles. The van der Waals surface area contributed by atoms with Crippen molar-refractivity contribution in [3.8, 4) is 0 Å². The van der Waals surface area contributed by atoms with Gasteiger partial charge in [0.1, 0.15) is 4.87 Å². The highest BCUT2D eigenvalue weighted by Crippen LogP contribution is 2.25. The molecule has 0 saturated carbocycles. The van der Waals surface area contributed by atoms with Gasteiger partial charge in [0.25, 0.3) is 0 Å². The van der Waals surface area contributed by atoms with E-state index < -0.39 is 4.87 Å². The van der Waals surface area contributed by atoms with Crippen LogP contribution in [0.5, 0.6) is 0 Å². The summed E-state index contributed by atoms with van der Waals surface area (Å²) in [6, 6.07) is 0. The van der Waals surface area contributed by atoms with Gasteiger partial charge in [-0.2, -0.15) is 0 Å². The standard InChI is InChI=1S/C7H12BrClO/c1-3-4-5-7(2,9)6(8)10/h3-5H2,1-2H3. The Labute approximate surface area is 75.3 Å². The minimum atomic E-state index is -0.698. The van der Waals surface area contributed by atoms with Crippen LogP contribution in [0.15, 0.2) is 0 Å². The Morgan fingerprint density at radius 3 is 2.50 bits per heavy atom. The molecule has 0 aromatic carbocycles. The average molecular weight is 228 g/mol. The molecule has 0 aromatic heterocycles. The molecule has 0 spiro atoms. The molecular formula is C7H12BrClO. The first-order valence-corrected chi connectivity index (χ1v) is 4.56. The quantitative estimate of drug-likeness (QED) is 0.533. The van der Waals surface area contributed by atoms with Gasteiger partial charge in [-0.25, -0.2) is 0 Å². The minimum absolute atomic E-state index is 0.116. The van der Waals surface area contributed by atoms with E-state index in [1.54, 1.807) is 6.92 Å². The lowest BCUT2D eigenvalue weighted by Gasteiger charge is -2.15. The van der Waals surface area contributed by atoms with Crippen molar-refractivity contribution >= 4 is 32.2 Å². The van der Waals surface area contributed by atoms with Crippen LogP contribution in [0.4, 0.5) is 0 Å². The smallest absolute Gasteiger partial charge is 0.218 e. The Kier molecular flexibility index (Phi) is 4.54. The summed E-state index contributed by atoms with van der Waals surface area (Å²) in [4.78, 5) is 10.1. The van der Waals surface area contributed by atoms with E-state index in [1.165, 1.54) is 0 Å². The third-order valence-corrected chi connectivity index (χ3v) is 2.87. The first-order valence-electron chi connectivity index (χ1n) is 3.39. The normalized spacial score (nSPS) is 16.4. The van der Waals surface area contributed by atoms with Crippen LogP contribution in [-0.2, 0) is 4.79 Å². The second-order valence-electron chi connectivity index (χ2n) is 2.57. The van der Waals surface area contributed by atoms with Gasteiger partial charge in [0, 0.05) is 0 Å². The molecule has 3 heteroatoms. The summed E-state index contributed by atoms with van der Waals surface area (Å²) in [6.45, 7) is 3.81. The van der Waals surface area contributed by atoms with Crippen molar-refractivity contribution in [3.63, 3.8) is 0 Å². The molecular weight excluding hydrogens is 215 g/mol. The molecule has 0 N–H and O–H groups in total. The maximum atomic E-state index is 10.8. The fourth-order valence-corrected chi connectivity index (χ4v) is 0.939. The van der Waals surface area contributed by atoms with Crippen molar-refractivity contribution in [2.24, 2.45) is 0 Å². The van der Waals surface area contributed by atoms with Crippen LogP contribution < -0.4 is 0 Å². The van der Waals surface area contributed by atoms with Gasteiger partial charge in [0.15, 0.2) is 0 Å². The molecule has 0 rings (SSSR count). The van der Waals surface area contributed by atoms with E-state index in [9.17, 15) is 4.79 Å². The zero-order valence-electron chi connectivity index (χ0n) is 6.29. The van der Waals surface area contributed by atoms with Crippen molar-refractivity contribution in [1.82, 2.24) is 0 Å². The first kappa shape index (κ1) is 10.4. The number of rotatable bonds is 4. The van der Waals surface area contributed by atoms with E-state index in [-0.39, 0.29) is 4.69 Å². The molecule has 0 aromatic rings. The van der Waals surface area contributed by atoms with Crippen molar-refractivity contribution in [1.29, 1.82) is 0 Å². The Morgan fingerprint density at radius 1 is 1.70 bits per heavy atom. The molecule has 0 aliphatic rings. The Bertz CT molecular complexity index is 123. The molecule has 1 atom stereocenters. The van der Waals surface area contributed by atoms with Gasteiger partial charge in [-0.15, -0.1) is 11.6 Å². The van der Waals surface area contributed by atoms with Gasteiger partial charge >= 0.3 is 0 Å². The molecule has 0 fully saturated rings. The van der Waals surface area contributed by atoms with Gasteiger partial charge < -0.3 is 0 Å². The molecule has 0 aliphatic carbocycles. The van der Waals surface area contributed by atoms with Crippen molar-refractivity contribution in [2.75, 3.05) is 0 Å². The van der Waals surface area contributed by atoms with E-state index in [0.717, 1.165) is 19.3 Å². The maximum Gasteiger partial charge on any atom is 0.218 e. The number of hydrogen-bond acceptors (Lipinski definition) is 1. The summed E-state index contributed by atoms with van der Waals surface area (Å²) in [7, 11) is 0. The topological polar surface area (TPSA) is 17.1 Å². The Balaban J connectivity index is 3.75. The average Bonchev–Trinajstić information content (AvgIpc) is 1.84. The zero-order valence-corrected chi connectivity index (χ0v) is 8.63. The largest absolute Gasteiger partial charge is 0.285 e. The van der Waals surface area contributed by atoms with Crippen LogP contribution in [0.2, 0.25) is 0 Å². The zero-order chi connectivity index (χ0) is 8.20. The molecule has 0 amide bonds. The number of carbonyl (C=O) groups is 1. The molecule has 0 heterocycles. The van der Waals surface area contributed by atoms with E-state index in [2.05, 4.69) is 22.9 Å². The molecule has 0 bridgehead atoms. The Hall–Kier alpha value is 0.440. The highest BCUT2D eigenvalue weighted by atomic mass is 79.9. The van der Waals surface area contributed by atoms with Crippen molar-refractivity contribution in [3.05, 3.63) is 0 Å². The van der Waals surface area contributed by atoms with Crippen LogP contribution >= 0.6 is 27.5 Å². The molecule has 10 heavy (non-hydrogen) atoms. The highest BCUT2D eigenvalue weighted by molar-refractivity contribution is 9.18. The lowest BCUT2D eigenvalue weighted by Crippen LogP contribution is -2.23. The minimum Gasteiger partial charge on any atom is -0.285 e. The second kappa shape index (κ2) is 4.35. The monoisotopic (exact) mass is 226 g/mol. The Morgan fingerprint density at radius 2 is 2.20 bits per heavy atom. The van der Waals surface area contributed by atoms with Crippen molar-refractivity contribution < 1.29 is 4.79 Å². The predicted molar refractivity (Wildman–Crippen MR) is 47.7 cm³/mol. The van der Waals surface area contributed by atoms with Gasteiger partial charge in [0.2, 0.25) is 4.69 Å². The van der Waals surface area contributed by atoms with Crippen molar-refractivity contribution in [2.45, 2.75) is 38.0 Å². The summed E-state index contributed by atoms with van der Waals surface area (Å²) >= 11 is 8.71. The fourth-order valence-electron chi connectivity index (χ4n) is 0.607. The number of unbranched alkanes of at least 4 members (excludes halogenated alkanes) is 1. The fraction of sp³-hybridized carbons (Fsp3) is 0.857. The summed E-state index contributed by atoms with van der Waals surface area (Å²) in [6.07, 6.45) is 2.81. The van der Waals surface area contributed by atoms with Crippen LogP contribution in [0, 0.1) is 0 Å². The number of alkyl halides is 1. The van der Waals surface area contributed by atoms with E-state index in [4.69, 9.17) is 11.6 Å². The van der Waals surface area contributed by atoms with E-state index in [1.807, 2.05) is 0 Å². The van der Waals surface area contributed by atoms with Crippen LogP contribution in [0.3, 0.4) is 0 Å². The summed E-state index contributed by atoms with van der Waals surface area (Å²) in [5, 5.41) is 0. The number of carbonyl (C=O) groups excluding carboxylic acids is 1. The molecule has 1 unspecified atom stereocenters. The van der Waals surface area contributed by atoms with Gasteiger partial charge in [-0.3, -0.25) is 4.79 Å². The number of halogens is 2. The third kappa shape index (κ3) is 3.57. The molecule has 1 nitrogen and oxygen atoms in total. The third-order valence-electron chi connectivity index (χ3n) is 1.41. The lowest BCUT2D eigenvalue weighted by atomic mass is 10.1. The van der Waals surface area contributed by atoms with Crippen LogP contribution in [-0.4, -0.2) is 9.57 Å². The highest BCUT2D eigenvalue weighted by Gasteiger charge is 2.26. The van der Waals surface area contributed by atoms with E-state index in [0.29, 0.717) is 0 Å². The lowest BCUT2D eigenvalue weighted by molar-refractivity contribution is -0.112. The maximum absolute atomic E-state index is 10.8. The summed E-state index contributed by atoms with van der Waals surface area (Å²) < 4.78 is -0.116. The second-order valence-corrected chi connectivity index (χ2v) is 4.13. The van der Waals surface area contributed by atoms with Gasteiger partial charge in [-0.05, 0) is 29.3 Å². The first-order chi connectivity index (χ1) is 4.50. The van der Waals surface area contributed by atoms with Crippen LogP contribution in [0.25, 0.3) is 0 Å². The number of hydrogen-bond donors (Lipinski definition) is 0.